The predicted octanol–water partition coefficient (Wildman–Crippen LogP) is 4.81. The molecule has 3 heterocycles. The van der Waals surface area contributed by atoms with Gasteiger partial charge < -0.3 is 38.6 Å². The molecule has 1 aromatic heterocycles. The molecule has 3 aromatic rings. The van der Waals surface area contributed by atoms with Crippen LogP contribution < -0.4 is 24.3 Å². The van der Waals surface area contributed by atoms with E-state index in [2.05, 4.69) is 5.32 Å². The van der Waals surface area contributed by atoms with E-state index >= 15 is 4.39 Å². The molecule has 0 saturated carbocycles. The van der Waals surface area contributed by atoms with E-state index in [0.717, 1.165) is 39.5 Å². The van der Waals surface area contributed by atoms with Crippen LogP contribution in [-0.4, -0.2) is 103 Å². The minimum Gasteiger partial charge on any atom is -0.493 e. The molecule has 0 fully saturated rings. The highest BCUT2D eigenvalue weighted by atomic mass is 32.1. The number of ether oxygens (including phenoxy) is 6. The highest BCUT2D eigenvalue weighted by Crippen LogP contribution is 2.41. The number of nitrogens with zero attached hydrogens (tertiary/aromatic N) is 2. The SMILES string of the molecule is COc1cc2c(cc1OCCCOc1c(OC)cc3sc(C(=O)CCC(=O)O[C@@H](C)CNC(=O)CN4C(=O)C=CC4=O)cc3c1F)CN(C(=O)CCC(=O)OC(C)(C)C)C2. The van der Waals surface area contributed by atoms with E-state index in [-0.39, 0.29) is 73.1 Å². The van der Waals surface area contributed by atoms with Crippen molar-refractivity contribution in [2.24, 2.45) is 0 Å². The fraction of sp³-hybridized carbons (Fsp3) is 0.452. The monoisotopic (exact) mass is 853 g/mol. The summed E-state index contributed by atoms with van der Waals surface area (Å²) in [5.74, 6) is -3.24. The number of hydrogen-bond acceptors (Lipinski definition) is 14. The van der Waals surface area contributed by atoms with Crippen molar-refractivity contribution in [3.8, 4) is 23.0 Å². The minimum atomic E-state index is -0.757. The Hall–Kier alpha value is -6.04. The van der Waals surface area contributed by atoms with E-state index in [0.29, 0.717) is 35.7 Å². The van der Waals surface area contributed by atoms with E-state index < -0.39 is 59.5 Å². The summed E-state index contributed by atoms with van der Waals surface area (Å²) >= 11 is 1.04. The molecule has 1 N–H and O–H groups in total. The maximum atomic E-state index is 15.8. The Labute approximate surface area is 349 Å². The summed E-state index contributed by atoms with van der Waals surface area (Å²) < 4.78 is 49.6. The molecular weight excluding hydrogens is 806 g/mol. The fourth-order valence-corrected chi connectivity index (χ4v) is 7.31. The van der Waals surface area contributed by atoms with Gasteiger partial charge in [0.15, 0.2) is 34.6 Å². The maximum absolute atomic E-state index is 15.8. The number of methoxy groups -OCH3 is 2. The third-order valence-corrected chi connectivity index (χ3v) is 10.3. The Kier molecular flexibility index (Phi) is 14.9. The highest BCUT2D eigenvalue weighted by molar-refractivity contribution is 7.20. The summed E-state index contributed by atoms with van der Waals surface area (Å²) in [4.78, 5) is 88.5. The number of ketones is 1. The lowest BCUT2D eigenvalue weighted by molar-refractivity contribution is -0.156. The number of carbonyl (C=O) groups excluding carboxylic acids is 7. The van der Waals surface area contributed by atoms with Crippen molar-refractivity contribution in [1.82, 2.24) is 15.1 Å². The molecule has 0 aliphatic carbocycles. The van der Waals surface area contributed by atoms with Crippen molar-refractivity contribution >= 4 is 62.8 Å². The van der Waals surface area contributed by atoms with Crippen LogP contribution in [0.25, 0.3) is 10.1 Å². The number of imide groups is 1. The van der Waals surface area contributed by atoms with Crippen LogP contribution >= 0.6 is 11.3 Å². The van der Waals surface area contributed by atoms with Gasteiger partial charge in [-0.3, -0.25) is 38.5 Å². The number of amides is 4. The molecule has 322 valence electrons. The Balaban J connectivity index is 1.08. The third kappa shape index (κ3) is 11.8. The average molecular weight is 854 g/mol. The molecule has 5 rings (SSSR count). The van der Waals surface area contributed by atoms with E-state index in [1.165, 1.54) is 27.2 Å². The fourth-order valence-electron chi connectivity index (χ4n) is 6.26. The number of carbonyl (C=O) groups is 7. The molecule has 1 atom stereocenters. The van der Waals surface area contributed by atoms with Gasteiger partial charge in [-0.25, -0.2) is 4.39 Å². The van der Waals surface area contributed by atoms with Crippen molar-refractivity contribution in [1.29, 1.82) is 0 Å². The van der Waals surface area contributed by atoms with E-state index in [1.54, 1.807) is 31.7 Å². The first-order valence-corrected chi connectivity index (χ1v) is 20.1. The first-order valence-electron chi connectivity index (χ1n) is 19.2. The van der Waals surface area contributed by atoms with Gasteiger partial charge >= 0.3 is 11.9 Å². The van der Waals surface area contributed by atoms with Crippen molar-refractivity contribution in [3.63, 3.8) is 0 Å². The first-order chi connectivity index (χ1) is 28.5. The Bertz CT molecular complexity index is 2180. The molecule has 16 nitrogen and oxygen atoms in total. The van der Waals surface area contributed by atoms with Crippen molar-refractivity contribution in [2.45, 2.75) is 84.6 Å². The number of fused-ring (bicyclic) bond motifs is 2. The van der Waals surface area contributed by atoms with Gasteiger partial charge in [0.05, 0.1) is 51.7 Å². The standard InChI is InChI=1S/C42H48FN3O13S/c1-24(20-44-34(48)23-46-36(50)9-10-37(46)51)58-38(52)12-8-28(47)33-18-27-32(60-33)19-31(55-6)41(40(27)43)57-15-7-14-56-30-17-26-22-45(21-25(26)16-29(30)54-5)35(49)11-13-39(53)59-42(2,3)4/h9-10,16-19,24H,7-8,11-15,20-23H2,1-6H3,(H,44,48)/t24-/m0/s1. The van der Waals surface area contributed by atoms with Crippen LogP contribution in [0.4, 0.5) is 4.39 Å². The van der Waals surface area contributed by atoms with Gasteiger partial charge in [0, 0.05) is 60.7 Å². The van der Waals surface area contributed by atoms with E-state index in [9.17, 15) is 33.6 Å². The lowest BCUT2D eigenvalue weighted by atomic mass is 10.1. The molecule has 0 spiro atoms. The molecule has 0 unspecified atom stereocenters. The molecule has 0 bridgehead atoms. The van der Waals surface area contributed by atoms with Gasteiger partial charge in [0.1, 0.15) is 18.2 Å². The largest absolute Gasteiger partial charge is 0.493 e. The topological polar surface area (TPSA) is 193 Å². The van der Waals surface area contributed by atoms with Crippen LogP contribution in [0.5, 0.6) is 23.0 Å². The van der Waals surface area contributed by atoms with Gasteiger partial charge in [0.2, 0.25) is 11.8 Å². The third-order valence-electron chi connectivity index (χ3n) is 9.17. The average Bonchev–Trinajstić information content (AvgIpc) is 3.91. The second kappa shape index (κ2) is 19.8. The molecule has 18 heteroatoms. The number of benzene rings is 2. The summed E-state index contributed by atoms with van der Waals surface area (Å²) in [6.07, 6.45) is 1.28. The molecule has 2 aromatic carbocycles. The number of thiophene rings is 1. The van der Waals surface area contributed by atoms with Crippen LogP contribution in [0.1, 0.15) is 80.6 Å². The lowest BCUT2D eigenvalue weighted by Crippen LogP contribution is -2.42. The van der Waals surface area contributed by atoms with E-state index in [1.807, 2.05) is 12.1 Å². The van der Waals surface area contributed by atoms with Crippen LogP contribution in [0, 0.1) is 5.82 Å². The maximum Gasteiger partial charge on any atom is 0.306 e. The summed E-state index contributed by atoms with van der Waals surface area (Å²) in [5.41, 5.74) is 1.17. The summed E-state index contributed by atoms with van der Waals surface area (Å²) in [6, 6.07) is 6.61. The number of nitrogens with one attached hydrogen (secondary N) is 1. The number of esters is 2. The molecule has 0 radical (unpaired) electrons. The Morgan fingerprint density at radius 2 is 1.47 bits per heavy atom. The zero-order valence-corrected chi connectivity index (χ0v) is 35.1. The molecule has 4 amide bonds. The van der Waals surface area contributed by atoms with Crippen LogP contribution in [0.15, 0.2) is 36.4 Å². The van der Waals surface area contributed by atoms with Crippen LogP contribution in [-0.2, 0) is 51.3 Å². The second-order valence-corrected chi connectivity index (χ2v) is 16.1. The zero-order valence-electron chi connectivity index (χ0n) is 34.3. The van der Waals surface area contributed by atoms with Gasteiger partial charge in [-0.1, -0.05) is 0 Å². The smallest absolute Gasteiger partial charge is 0.306 e. The van der Waals surface area contributed by atoms with Gasteiger partial charge in [-0.05, 0) is 57.0 Å². The van der Waals surface area contributed by atoms with E-state index in [4.69, 9.17) is 28.4 Å². The van der Waals surface area contributed by atoms with Crippen molar-refractivity contribution in [3.05, 3.63) is 58.2 Å². The number of hydrogen-bond donors (Lipinski definition) is 1. The summed E-state index contributed by atoms with van der Waals surface area (Å²) in [7, 11) is 2.89. The summed E-state index contributed by atoms with van der Waals surface area (Å²) in [5, 5.41) is 2.64. The number of halogens is 1. The Morgan fingerprint density at radius 3 is 2.12 bits per heavy atom. The number of Topliss-reactive ketones (excluding diaryl/α,β-unsaturated/α-hetero) is 1. The Morgan fingerprint density at radius 1 is 0.833 bits per heavy atom. The molecule has 2 aliphatic rings. The molecule has 2 aliphatic heterocycles. The van der Waals surface area contributed by atoms with Gasteiger partial charge in [-0.15, -0.1) is 11.3 Å². The normalized spacial score (nSPS) is 13.9. The first kappa shape index (κ1) is 45.1. The molecule has 60 heavy (non-hydrogen) atoms. The molecule has 0 saturated heterocycles. The van der Waals surface area contributed by atoms with Gasteiger partial charge in [0.25, 0.3) is 11.8 Å². The summed E-state index contributed by atoms with van der Waals surface area (Å²) in [6.45, 7) is 7.28. The molecular formula is C42H48FN3O13S. The van der Waals surface area contributed by atoms with Crippen LogP contribution in [0.3, 0.4) is 0 Å². The van der Waals surface area contributed by atoms with Crippen LogP contribution in [0.2, 0.25) is 0 Å². The quantitative estimate of drug-likeness (QED) is 0.0706. The lowest BCUT2D eigenvalue weighted by Gasteiger charge is -2.20. The predicted molar refractivity (Wildman–Crippen MR) is 214 cm³/mol. The highest BCUT2D eigenvalue weighted by Gasteiger charge is 2.28. The number of rotatable bonds is 20. The van der Waals surface area contributed by atoms with Crippen molar-refractivity contribution < 1.29 is 66.4 Å². The van der Waals surface area contributed by atoms with Gasteiger partial charge in [-0.2, -0.15) is 0 Å². The second-order valence-electron chi connectivity index (χ2n) is 15.0. The zero-order chi connectivity index (χ0) is 43.7. The minimum absolute atomic E-state index is 0.00913. The van der Waals surface area contributed by atoms with Crippen molar-refractivity contribution in [2.75, 3.05) is 40.5 Å².